The lowest BCUT2D eigenvalue weighted by molar-refractivity contribution is 0.104. The third-order valence-corrected chi connectivity index (χ3v) is 3.45. The van der Waals surface area contributed by atoms with Crippen LogP contribution in [0.1, 0.15) is 31.6 Å². The second-order valence-corrected chi connectivity index (χ2v) is 4.83. The molecular weight excluding hydrogens is 242 g/mol. The van der Waals surface area contributed by atoms with Crippen molar-refractivity contribution < 1.29 is 9.52 Å². The number of alkyl halides is 1. The van der Waals surface area contributed by atoms with Crippen LogP contribution in [0.15, 0.2) is 4.42 Å². The number of aliphatic hydroxyl groups is 1. The number of nitrogens with zero attached hydrogens (tertiary/aromatic N) is 3. The first-order valence-electron chi connectivity index (χ1n) is 6.01. The molecule has 0 aliphatic heterocycles. The van der Waals surface area contributed by atoms with Crippen molar-refractivity contribution in [2.45, 2.75) is 44.2 Å². The van der Waals surface area contributed by atoms with Crippen LogP contribution in [0.3, 0.4) is 0 Å². The first-order chi connectivity index (χ1) is 8.22. The zero-order valence-electron chi connectivity index (χ0n) is 9.97. The van der Waals surface area contributed by atoms with E-state index >= 15 is 0 Å². The topological polar surface area (TPSA) is 62.4 Å². The molecule has 1 N–H and O–H groups in total. The number of hydrogen-bond donors (Lipinski definition) is 1. The predicted molar refractivity (Wildman–Crippen MR) is 65.4 cm³/mol. The van der Waals surface area contributed by atoms with Crippen LogP contribution in [-0.4, -0.2) is 40.4 Å². The minimum Gasteiger partial charge on any atom is -0.408 e. The van der Waals surface area contributed by atoms with Crippen LogP contribution >= 0.6 is 11.6 Å². The van der Waals surface area contributed by atoms with Crippen LogP contribution in [0.25, 0.3) is 0 Å². The van der Waals surface area contributed by atoms with Crippen molar-refractivity contribution in [3.8, 4) is 0 Å². The summed E-state index contributed by atoms with van der Waals surface area (Å²) in [7, 11) is 1.89. The Hall–Kier alpha value is -0.810. The molecule has 2 atom stereocenters. The van der Waals surface area contributed by atoms with Crippen molar-refractivity contribution in [1.29, 1.82) is 0 Å². The summed E-state index contributed by atoms with van der Waals surface area (Å²) >= 11 is 5.62. The Morgan fingerprint density at radius 1 is 1.41 bits per heavy atom. The van der Waals surface area contributed by atoms with Crippen molar-refractivity contribution in [3.63, 3.8) is 0 Å². The van der Waals surface area contributed by atoms with Crippen molar-refractivity contribution in [2.75, 3.05) is 17.8 Å². The normalized spacial score (nSPS) is 24.9. The van der Waals surface area contributed by atoms with Gasteiger partial charge in [0.2, 0.25) is 5.89 Å². The highest BCUT2D eigenvalue weighted by atomic mass is 35.5. The van der Waals surface area contributed by atoms with Gasteiger partial charge in [0.05, 0.1) is 12.1 Å². The molecule has 1 saturated carbocycles. The molecule has 5 nitrogen and oxygen atoms in total. The lowest BCUT2D eigenvalue weighted by Gasteiger charge is -2.33. The maximum absolute atomic E-state index is 9.96. The molecule has 17 heavy (non-hydrogen) atoms. The van der Waals surface area contributed by atoms with Crippen LogP contribution in [0.2, 0.25) is 0 Å². The smallest absolute Gasteiger partial charge is 0.318 e. The number of aliphatic hydroxyl groups excluding tert-OH is 1. The fourth-order valence-corrected chi connectivity index (χ4v) is 2.42. The molecule has 1 aromatic rings. The molecule has 0 saturated heterocycles. The summed E-state index contributed by atoms with van der Waals surface area (Å²) in [6, 6.07) is 0.545. The van der Waals surface area contributed by atoms with Crippen molar-refractivity contribution >= 4 is 17.6 Å². The summed E-state index contributed by atoms with van der Waals surface area (Å²) in [5.41, 5.74) is 0. The number of rotatable bonds is 4. The molecule has 0 bridgehead atoms. The van der Waals surface area contributed by atoms with E-state index in [0.717, 1.165) is 25.7 Å². The van der Waals surface area contributed by atoms with Crippen molar-refractivity contribution in [1.82, 2.24) is 10.2 Å². The highest BCUT2D eigenvalue weighted by Gasteiger charge is 2.29. The van der Waals surface area contributed by atoms with E-state index in [0.29, 0.717) is 24.2 Å². The van der Waals surface area contributed by atoms with E-state index in [1.165, 1.54) is 0 Å². The Labute approximate surface area is 106 Å². The molecule has 2 rings (SSSR count). The Morgan fingerprint density at radius 3 is 2.88 bits per heavy atom. The summed E-state index contributed by atoms with van der Waals surface area (Å²) in [6.45, 7) is 0. The molecule has 0 spiro atoms. The summed E-state index contributed by atoms with van der Waals surface area (Å²) in [5, 5.41) is 17.9. The van der Waals surface area contributed by atoms with Gasteiger partial charge in [-0.2, -0.15) is 0 Å². The highest BCUT2D eigenvalue weighted by molar-refractivity contribution is 6.17. The molecule has 6 heteroatoms. The van der Waals surface area contributed by atoms with E-state index in [-0.39, 0.29) is 12.1 Å². The first-order valence-corrected chi connectivity index (χ1v) is 6.55. The predicted octanol–water partition coefficient (Wildman–Crippen LogP) is 1.59. The number of aryl methyl sites for hydroxylation is 1. The molecule has 1 heterocycles. The maximum Gasteiger partial charge on any atom is 0.318 e. The molecule has 1 aliphatic rings. The van der Waals surface area contributed by atoms with E-state index in [1.807, 2.05) is 11.9 Å². The molecule has 0 radical (unpaired) electrons. The third kappa shape index (κ3) is 2.90. The molecule has 0 amide bonds. The average molecular weight is 260 g/mol. The van der Waals surface area contributed by atoms with E-state index in [9.17, 15) is 5.11 Å². The Kier molecular flexibility index (Phi) is 4.23. The molecule has 1 aromatic heterocycles. The second kappa shape index (κ2) is 5.69. The van der Waals surface area contributed by atoms with Crippen molar-refractivity contribution in [3.05, 3.63) is 5.89 Å². The fraction of sp³-hybridized carbons (Fsp3) is 0.818. The Bertz CT molecular complexity index is 358. The summed E-state index contributed by atoms with van der Waals surface area (Å²) in [4.78, 5) is 1.88. The van der Waals surface area contributed by atoms with Gasteiger partial charge < -0.3 is 14.4 Å². The fourth-order valence-electron chi connectivity index (χ4n) is 2.25. The van der Waals surface area contributed by atoms with Crippen LogP contribution in [0.5, 0.6) is 0 Å². The van der Waals surface area contributed by atoms with Crippen LogP contribution < -0.4 is 4.90 Å². The first kappa shape index (κ1) is 12.6. The number of hydrogen-bond acceptors (Lipinski definition) is 5. The van der Waals surface area contributed by atoms with Crippen molar-refractivity contribution in [2.24, 2.45) is 0 Å². The molecule has 1 aliphatic carbocycles. The zero-order valence-corrected chi connectivity index (χ0v) is 10.7. The number of aromatic nitrogens is 2. The van der Waals surface area contributed by atoms with Gasteiger partial charge in [-0.15, -0.1) is 16.7 Å². The maximum atomic E-state index is 9.96. The van der Waals surface area contributed by atoms with Crippen LogP contribution in [-0.2, 0) is 6.42 Å². The van der Waals surface area contributed by atoms with Gasteiger partial charge in [-0.3, -0.25) is 0 Å². The third-order valence-electron chi connectivity index (χ3n) is 3.26. The lowest BCUT2D eigenvalue weighted by atomic mass is 9.92. The number of halogens is 1. The van der Waals surface area contributed by atoms with E-state index in [4.69, 9.17) is 16.0 Å². The van der Waals surface area contributed by atoms with E-state index in [2.05, 4.69) is 10.2 Å². The standard InChI is InChI=1S/C11H18ClN3O2/c1-15(8-4-2-3-5-9(8)16)11-14-13-10(17-11)6-7-12/h8-9,16H,2-7H2,1H3. The van der Waals surface area contributed by atoms with Gasteiger partial charge in [0.15, 0.2) is 0 Å². The summed E-state index contributed by atoms with van der Waals surface area (Å²) in [6.07, 6.45) is 4.30. The van der Waals surface area contributed by atoms with Gasteiger partial charge in [0.25, 0.3) is 0 Å². The molecular formula is C11H18ClN3O2. The number of likely N-dealkylation sites (N-methyl/N-ethyl adjacent to an activating group) is 1. The van der Waals surface area contributed by atoms with Gasteiger partial charge in [-0.05, 0) is 12.8 Å². The zero-order chi connectivity index (χ0) is 12.3. The SMILES string of the molecule is CN(c1nnc(CCCl)o1)C1CCCCC1O. The second-order valence-electron chi connectivity index (χ2n) is 4.45. The molecule has 1 fully saturated rings. The average Bonchev–Trinajstić information content (AvgIpc) is 2.78. The summed E-state index contributed by atoms with van der Waals surface area (Å²) < 4.78 is 5.50. The van der Waals surface area contributed by atoms with Gasteiger partial charge >= 0.3 is 6.01 Å². The highest BCUT2D eigenvalue weighted by Crippen LogP contribution is 2.25. The number of anilines is 1. The van der Waals surface area contributed by atoms with E-state index < -0.39 is 0 Å². The van der Waals surface area contributed by atoms with Gasteiger partial charge in [0, 0.05) is 19.3 Å². The summed E-state index contributed by atoms with van der Waals surface area (Å²) in [5.74, 6) is 1.02. The largest absolute Gasteiger partial charge is 0.408 e. The van der Waals surface area contributed by atoms with Gasteiger partial charge in [-0.25, -0.2) is 0 Å². The Morgan fingerprint density at radius 2 is 2.18 bits per heavy atom. The quantitative estimate of drug-likeness (QED) is 0.832. The van der Waals surface area contributed by atoms with Gasteiger partial charge in [-0.1, -0.05) is 17.9 Å². The molecule has 2 unspecified atom stereocenters. The van der Waals surface area contributed by atoms with Gasteiger partial charge in [0.1, 0.15) is 0 Å². The minimum absolute atomic E-state index is 0.0769. The lowest BCUT2D eigenvalue weighted by Crippen LogP contribution is -2.43. The minimum atomic E-state index is -0.308. The van der Waals surface area contributed by atoms with Crippen LogP contribution in [0, 0.1) is 0 Å². The molecule has 0 aromatic carbocycles. The van der Waals surface area contributed by atoms with E-state index in [1.54, 1.807) is 0 Å². The van der Waals surface area contributed by atoms with Crippen LogP contribution in [0.4, 0.5) is 6.01 Å². The monoisotopic (exact) mass is 259 g/mol. The Balaban J connectivity index is 2.04. The molecule has 96 valence electrons.